The summed E-state index contributed by atoms with van der Waals surface area (Å²) in [4.78, 5) is 16.5. The van der Waals surface area contributed by atoms with Crippen LogP contribution in [0, 0.1) is 0 Å². The lowest BCUT2D eigenvalue weighted by molar-refractivity contribution is -0.116. The van der Waals surface area contributed by atoms with E-state index < -0.39 is 0 Å². The molecule has 0 atom stereocenters. The van der Waals surface area contributed by atoms with Crippen molar-refractivity contribution in [3.8, 4) is 17.1 Å². The monoisotopic (exact) mass is 401 g/mol. The van der Waals surface area contributed by atoms with Gasteiger partial charge in [0.05, 0.1) is 6.61 Å². The molecule has 8 nitrogen and oxygen atoms in total. The number of carbonyl (C=O) groups is 1. The third-order valence-electron chi connectivity index (χ3n) is 3.91. The highest BCUT2D eigenvalue weighted by Crippen LogP contribution is 2.21. The first-order valence-corrected chi connectivity index (χ1v) is 10.2. The number of rotatable bonds is 10. The van der Waals surface area contributed by atoms with Gasteiger partial charge < -0.3 is 14.6 Å². The molecule has 0 radical (unpaired) electrons. The Bertz CT molecular complexity index is 891. The molecular weight excluding hydrogens is 378 g/mol. The summed E-state index contributed by atoms with van der Waals surface area (Å²) in [6.45, 7) is 4.68. The average Bonchev–Trinajstić information content (AvgIpc) is 3.35. The predicted octanol–water partition coefficient (Wildman–Crippen LogP) is 3.90. The number of amides is 1. The fourth-order valence-corrected chi connectivity index (χ4v) is 3.27. The molecule has 0 fully saturated rings. The van der Waals surface area contributed by atoms with E-state index in [0.717, 1.165) is 35.6 Å². The first-order chi connectivity index (χ1) is 13.7. The number of nitrogens with zero attached hydrogens (tertiary/aromatic N) is 4. The zero-order valence-electron chi connectivity index (χ0n) is 16.0. The summed E-state index contributed by atoms with van der Waals surface area (Å²) in [5.41, 5.74) is 0.830. The summed E-state index contributed by atoms with van der Waals surface area (Å²) >= 11 is 1.41. The van der Waals surface area contributed by atoms with E-state index in [1.807, 2.05) is 31.2 Å². The molecule has 0 aliphatic rings. The van der Waals surface area contributed by atoms with Crippen molar-refractivity contribution in [3.63, 3.8) is 0 Å². The van der Waals surface area contributed by atoms with Gasteiger partial charge in [0, 0.05) is 24.8 Å². The Kier molecular flexibility index (Phi) is 7.07. The fourth-order valence-electron chi connectivity index (χ4n) is 2.48. The van der Waals surface area contributed by atoms with Crippen molar-refractivity contribution < 1.29 is 14.1 Å². The Labute approximate surface area is 167 Å². The highest BCUT2D eigenvalue weighted by atomic mass is 32.1. The zero-order valence-corrected chi connectivity index (χ0v) is 16.8. The Morgan fingerprint density at radius 3 is 2.75 bits per heavy atom. The highest BCUT2D eigenvalue weighted by Gasteiger charge is 2.12. The van der Waals surface area contributed by atoms with Gasteiger partial charge in [-0.1, -0.05) is 29.8 Å². The summed E-state index contributed by atoms with van der Waals surface area (Å²) in [5, 5.41) is 16.3. The molecule has 28 heavy (non-hydrogen) atoms. The lowest BCUT2D eigenvalue weighted by Crippen LogP contribution is -2.12. The van der Waals surface area contributed by atoms with E-state index in [4.69, 9.17) is 9.26 Å². The molecule has 3 rings (SSSR count). The molecule has 148 valence electrons. The van der Waals surface area contributed by atoms with E-state index >= 15 is 0 Å². The summed E-state index contributed by atoms with van der Waals surface area (Å²) in [7, 11) is 0. The Morgan fingerprint density at radius 1 is 1.18 bits per heavy atom. The Hall–Kier alpha value is -2.81. The van der Waals surface area contributed by atoms with Gasteiger partial charge in [0.2, 0.25) is 22.8 Å². The van der Waals surface area contributed by atoms with Crippen molar-refractivity contribution in [1.82, 2.24) is 20.3 Å². The van der Waals surface area contributed by atoms with Gasteiger partial charge in [-0.05, 0) is 37.6 Å². The molecule has 3 aromatic rings. The number of anilines is 1. The third kappa shape index (κ3) is 5.59. The SMILES string of the molecule is CCCCc1nnc(NC(=O)CCc2nc(-c3ccc(OCC)cc3)no2)s1. The fraction of sp³-hybridized carbons (Fsp3) is 0.421. The van der Waals surface area contributed by atoms with Crippen LogP contribution in [0.4, 0.5) is 5.13 Å². The summed E-state index contributed by atoms with van der Waals surface area (Å²) < 4.78 is 10.7. The minimum atomic E-state index is -0.154. The van der Waals surface area contributed by atoms with E-state index in [-0.39, 0.29) is 12.3 Å². The van der Waals surface area contributed by atoms with Crippen molar-refractivity contribution in [2.75, 3.05) is 11.9 Å². The smallest absolute Gasteiger partial charge is 0.227 e. The molecule has 0 aliphatic carbocycles. The van der Waals surface area contributed by atoms with E-state index in [1.54, 1.807) is 0 Å². The molecule has 0 spiro atoms. The summed E-state index contributed by atoms with van der Waals surface area (Å²) in [6.07, 6.45) is 3.65. The molecule has 0 unspecified atom stereocenters. The summed E-state index contributed by atoms with van der Waals surface area (Å²) in [5.74, 6) is 1.54. The van der Waals surface area contributed by atoms with E-state index in [9.17, 15) is 4.79 Å². The number of ether oxygens (including phenoxy) is 1. The van der Waals surface area contributed by atoms with Crippen LogP contribution in [0.25, 0.3) is 11.4 Å². The Balaban J connectivity index is 1.49. The second kappa shape index (κ2) is 9.93. The molecular formula is C19H23N5O3S. The number of aryl methyl sites for hydroxylation is 2. The number of hydrogen-bond donors (Lipinski definition) is 1. The van der Waals surface area contributed by atoms with Gasteiger partial charge in [-0.25, -0.2) is 0 Å². The van der Waals surface area contributed by atoms with Gasteiger partial charge in [0.15, 0.2) is 0 Å². The Morgan fingerprint density at radius 2 is 2.00 bits per heavy atom. The zero-order chi connectivity index (χ0) is 19.8. The lowest BCUT2D eigenvalue weighted by Gasteiger charge is -2.02. The summed E-state index contributed by atoms with van der Waals surface area (Å²) in [6, 6.07) is 7.47. The van der Waals surface area contributed by atoms with Crippen LogP contribution in [-0.2, 0) is 17.6 Å². The molecule has 2 aromatic heterocycles. The van der Waals surface area contributed by atoms with Crippen molar-refractivity contribution in [3.05, 3.63) is 35.2 Å². The van der Waals surface area contributed by atoms with Gasteiger partial charge in [0.1, 0.15) is 10.8 Å². The van der Waals surface area contributed by atoms with Crippen LogP contribution in [0.3, 0.4) is 0 Å². The van der Waals surface area contributed by atoms with Gasteiger partial charge in [-0.15, -0.1) is 10.2 Å². The number of benzene rings is 1. The third-order valence-corrected chi connectivity index (χ3v) is 4.81. The van der Waals surface area contributed by atoms with Crippen LogP contribution in [0.15, 0.2) is 28.8 Å². The van der Waals surface area contributed by atoms with Gasteiger partial charge in [0.25, 0.3) is 0 Å². The molecule has 0 aliphatic heterocycles. The average molecular weight is 401 g/mol. The van der Waals surface area contributed by atoms with Gasteiger partial charge in [-0.3, -0.25) is 4.79 Å². The van der Waals surface area contributed by atoms with Crippen LogP contribution < -0.4 is 10.1 Å². The topological polar surface area (TPSA) is 103 Å². The number of nitrogens with one attached hydrogen (secondary N) is 1. The standard InChI is InChI=1S/C19H23N5O3S/c1-3-5-6-17-22-23-19(28-17)20-15(25)11-12-16-21-18(24-27-16)13-7-9-14(10-8-13)26-4-2/h7-10H,3-6,11-12H2,1-2H3,(H,20,23,25). The van der Waals surface area contributed by atoms with E-state index in [2.05, 4.69) is 32.6 Å². The number of carbonyl (C=O) groups excluding carboxylic acids is 1. The molecule has 1 N–H and O–H groups in total. The number of hydrogen-bond acceptors (Lipinski definition) is 8. The molecule has 2 heterocycles. The minimum absolute atomic E-state index is 0.154. The van der Waals surface area contributed by atoms with Crippen LogP contribution >= 0.6 is 11.3 Å². The largest absolute Gasteiger partial charge is 0.494 e. The van der Waals surface area contributed by atoms with Crippen LogP contribution in [-0.4, -0.2) is 32.9 Å². The molecule has 9 heteroatoms. The maximum absolute atomic E-state index is 12.1. The van der Waals surface area contributed by atoms with Gasteiger partial charge >= 0.3 is 0 Å². The second-order valence-electron chi connectivity index (χ2n) is 6.12. The second-order valence-corrected chi connectivity index (χ2v) is 7.18. The maximum Gasteiger partial charge on any atom is 0.227 e. The van der Waals surface area contributed by atoms with Crippen molar-refractivity contribution >= 4 is 22.4 Å². The van der Waals surface area contributed by atoms with Crippen LogP contribution in [0.5, 0.6) is 5.75 Å². The van der Waals surface area contributed by atoms with Crippen molar-refractivity contribution in [2.24, 2.45) is 0 Å². The first kappa shape index (κ1) is 19.9. The minimum Gasteiger partial charge on any atom is -0.494 e. The van der Waals surface area contributed by atoms with Crippen LogP contribution in [0.2, 0.25) is 0 Å². The van der Waals surface area contributed by atoms with E-state index in [1.165, 1.54) is 11.3 Å². The van der Waals surface area contributed by atoms with Crippen molar-refractivity contribution in [1.29, 1.82) is 0 Å². The molecule has 0 bridgehead atoms. The maximum atomic E-state index is 12.1. The first-order valence-electron chi connectivity index (χ1n) is 9.36. The number of unbranched alkanes of at least 4 members (excludes halogenated alkanes) is 1. The normalized spacial score (nSPS) is 10.8. The molecule has 0 saturated carbocycles. The predicted molar refractivity (Wildman–Crippen MR) is 106 cm³/mol. The van der Waals surface area contributed by atoms with Gasteiger partial charge in [-0.2, -0.15) is 4.98 Å². The lowest BCUT2D eigenvalue weighted by atomic mass is 10.2. The highest BCUT2D eigenvalue weighted by molar-refractivity contribution is 7.15. The van der Waals surface area contributed by atoms with Crippen molar-refractivity contribution in [2.45, 2.75) is 46.0 Å². The molecule has 0 saturated heterocycles. The molecule has 1 aromatic carbocycles. The quantitative estimate of drug-likeness (QED) is 0.549. The van der Waals surface area contributed by atoms with Crippen LogP contribution in [0.1, 0.15) is 44.0 Å². The number of aromatic nitrogens is 4. The molecule has 1 amide bonds. The van der Waals surface area contributed by atoms with E-state index in [0.29, 0.717) is 29.9 Å².